The van der Waals surface area contributed by atoms with Gasteiger partial charge in [-0.05, 0) is 54.7 Å². The smallest absolute Gasteiger partial charge is 0.137 e. The van der Waals surface area contributed by atoms with Crippen molar-refractivity contribution >= 4 is 11.6 Å². The van der Waals surface area contributed by atoms with Crippen molar-refractivity contribution in [2.45, 2.75) is 45.3 Å². The van der Waals surface area contributed by atoms with Crippen LogP contribution in [0.3, 0.4) is 0 Å². The number of aromatic nitrogens is 3. The molecule has 1 aliphatic rings. The van der Waals surface area contributed by atoms with Crippen LogP contribution in [-0.2, 0) is 13.0 Å². The van der Waals surface area contributed by atoms with Crippen LogP contribution in [0.4, 0.5) is 0 Å². The van der Waals surface area contributed by atoms with E-state index in [4.69, 9.17) is 11.6 Å². The van der Waals surface area contributed by atoms with Gasteiger partial charge in [-0.15, -0.1) is 0 Å². The molecule has 4 nitrogen and oxygen atoms in total. The average molecular weight is 334 g/mol. The van der Waals surface area contributed by atoms with Crippen molar-refractivity contribution in [1.82, 2.24) is 14.8 Å². The normalized spacial score (nSPS) is 27.7. The van der Waals surface area contributed by atoms with Gasteiger partial charge in [-0.1, -0.05) is 37.6 Å². The molecule has 23 heavy (non-hydrogen) atoms. The topological polar surface area (TPSA) is 50.9 Å². The van der Waals surface area contributed by atoms with Crippen molar-refractivity contribution in [2.75, 3.05) is 0 Å². The van der Waals surface area contributed by atoms with E-state index in [1.54, 1.807) is 11.0 Å². The highest BCUT2D eigenvalue weighted by Gasteiger charge is 2.50. The second kappa shape index (κ2) is 6.62. The van der Waals surface area contributed by atoms with Crippen molar-refractivity contribution in [3.63, 3.8) is 0 Å². The van der Waals surface area contributed by atoms with E-state index in [-0.39, 0.29) is 11.8 Å². The number of hydrogen-bond donors (Lipinski definition) is 1. The van der Waals surface area contributed by atoms with Crippen molar-refractivity contribution in [1.29, 1.82) is 0 Å². The number of aliphatic hydroxyl groups is 1. The maximum Gasteiger partial charge on any atom is 0.137 e. The summed E-state index contributed by atoms with van der Waals surface area (Å²) in [6, 6.07) is 7.95. The molecule has 3 rings (SSSR count). The molecule has 1 aromatic heterocycles. The van der Waals surface area contributed by atoms with E-state index >= 15 is 0 Å². The quantitative estimate of drug-likeness (QED) is 0.909. The Kier molecular flexibility index (Phi) is 4.74. The third-order valence-corrected chi connectivity index (χ3v) is 5.51. The summed E-state index contributed by atoms with van der Waals surface area (Å²) in [6.07, 6.45) is 6.17. The molecule has 2 aromatic rings. The molecule has 5 heteroatoms. The van der Waals surface area contributed by atoms with Crippen LogP contribution >= 0.6 is 11.6 Å². The SMILES string of the molecule is CC(C)[C@@H]1CC[C@@H](Cc2ccc(Cl)cc2)[C@]1(O)Cn1cncn1. The standard InChI is InChI=1S/C18H24ClN3O/c1-13(2)17-8-5-15(9-14-3-6-16(19)7-4-14)18(17,23)10-22-12-20-11-21-22/h3-4,6-7,11-13,15,17,23H,5,8-10H2,1-2H3/t15-,17-,18+/m0/s1. The van der Waals surface area contributed by atoms with E-state index in [0.717, 1.165) is 24.3 Å². The minimum absolute atomic E-state index is 0.222. The first kappa shape index (κ1) is 16.5. The molecule has 1 N–H and O–H groups in total. The van der Waals surface area contributed by atoms with Crippen LogP contribution in [0.1, 0.15) is 32.3 Å². The lowest BCUT2D eigenvalue weighted by molar-refractivity contribution is -0.0667. The molecule has 1 aromatic carbocycles. The van der Waals surface area contributed by atoms with Crippen molar-refractivity contribution < 1.29 is 5.11 Å². The Morgan fingerprint density at radius 1 is 1.30 bits per heavy atom. The third-order valence-electron chi connectivity index (χ3n) is 5.26. The number of rotatable bonds is 5. The van der Waals surface area contributed by atoms with Crippen molar-refractivity contribution in [3.05, 3.63) is 47.5 Å². The van der Waals surface area contributed by atoms with Crippen LogP contribution in [-0.4, -0.2) is 25.5 Å². The average Bonchev–Trinajstić information content (AvgIpc) is 3.10. The van der Waals surface area contributed by atoms with Crippen LogP contribution in [0, 0.1) is 17.8 Å². The minimum Gasteiger partial charge on any atom is -0.387 e. The molecule has 124 valence electrons. The lowest BCUT2D eigenvalue weighted by Crippen LogP contribution is -2.46. The van der Waals surface area contributed by atoms with Crippen LogP contribution in [0.15, 0.2) is 36.9 Å². The van der Waals surface area contributed by atoms with E-state index in [1.807, 2.05) is 12.1 Å². The van der Waals surface area contributed by atoms with Gasteiger partial charge in [0.15, 0.2) is 0 Å². The summed E-state index contributed by atoms with van der Waals surface area (Å²) in [5.74, 6) is 0.947. The van der Waals surface area contributed by atoms with Crippen LogP contribution in [0.25, 0.3) is 0 Å². The fourth-order valence-electron chi connectivity index (χ4n) is 4.10. The van der Waals surface area contributed by atoms with Gasteiger partial charge in [-0.2, -0.15) is 5.10 Å². The van der Waals surface area contributed by atoms with Gasteiger partial charge in [0.2, 0.25) is 0 Å². The van der Waals surface area contributed by atoms with E-state index in [9.17, 15) is 5.11 Å². The minimum atomic E-state index is -0.749. The molecule has 0 radical (unpaired) electrons. The summed E-state index contributed by atoms with van der Waals surface area (Å²) in [6.45, 7) is 4.90. The zero-order chi connectivity index (χ0) is 16.4. The molecular weight excluding hydrogens is 310 g/mol. The largest absolute Gasteiger partial charge is 0.387 e. The molecule has 1 saturated carbocycles. The monoisotopic (exact) mass is 333 g/mol. The molecule has 1 fully saturated rings. The fourth-order valence-corrected chi connectivity index (χ4v) is 4.22. The predicted molar refractivity (Wildman–Crippen MR) is 91.2 cm³/mol. The molecule has 0 amide bonds. The molecule has 3 atom stereocenters. The van der Waals surface area contributed by atoms with Gasteiger partial charge in [0.25, 0.3) is 0 Å². The Hall–Kier alpha value is -1.39. The highest BCUT2D eigenvalue weighted by molar-refractivity contribution is 6.30. The summed E-state index contributed by atoms with van der Waals surface area (Å²) in [5, 5.41) is 16.5. The number of benzene rings is 1. The van der Waals surface area contributed by atoms with Gasteiger partial charge in [0.1, 0.15) is 12.7 Å². The highest BCUT2D eigenvalue weighted by Crippen LogP contribution is 2.46. The van der Waals surface area contributed by atoms with E-state index < -0.39 is 5.60 Å². The van der Waals surface area contributed by atoms with Gasteiger partial charge >= 0.3 is 0 Å². The zero-order valence-electron chi connectivity index (χ0n) is 13.7. The van der Waals surface area contributed by atoms with Gasteiger partial charge < -0.3 is 5.11 Å². The van der Waals surface area contributed by atoms with E-state index in [1.165, 1.54) is 11.9 Å². The predicted octanol–water partition coefficient (Wildman–Crippen LogP) is 3.59. The second-order valence-electron chi connectivity index (χ2n) is 7.04. The maximum absolute atomic E-state index is 11.6. The Bertz CT molecular complexity index is 626. The molecule has 0 unspecified atom stereocenters. The summed E-state index contributed by atoms with van der Waals surface area (Å²) < 4.78 is 1.76. The number of hydrogen-bond acceptors (Lipinski definition) is 3. The molecule has 1 heterocycles. The lowest BCUT2D eigenvalue weighted by Gasteiger charge is -2.37. The molecule has 0 aliphatic heterocycles. The van der Waals surface area contributed by atoms with Crippen molar-refractivity contribution in [2.24, 2.45) is 17.8 Å². The first-order valence-electron chi connectivity index (χ1n) is 8.28. The first-order chi connectivity index (χ1) is 11.0. The molecule has 0 bridgehead atoms. The van der Waals surface area contributed by atoms with Gasteiger partial charge in [0.05, 0.1) is 12.1 Å². The first-order valence-corrected chi connectivity index (χ1v) is 8.66. The van der Waals surface area contributed by atoms with E-state index in [2.05, 4.69) is 36.1 Å². The Morgan fingerprint density at radius 3 is 2.65 bits per heavy atom. The van der Waals surface area contributed by atoms with Gasteiger partial charge in [0, 0.05) is 5.02 Å². The lowest BCUT2D eigenvalue weighted by atomic mass is 9.76. The summed E-state index contributed by atoms with van der Waals surface area (Å²) >= 11 is 5.98. The number of nitrogens with zero attached hydrogens (tertiary/aromatic N) is 3. The zero-order valence-corrected chi connectivity index (χ0v) is 14.4. The maximum atomic E-state index is 11.6. The Morgan fingerprint density at radius 2 is 2.04 bits per heavy atom. The van der Waals surface area contributed by atoms with E-state index in [0.29, 0.717) is 12.5 Å². The summed E-state index contributed by atoms with van der Waals surface area (Å²) in [5.41, 5.74) is 0.474. The fraction of sp³-hybridized carbons (Fsp3) is 0.556. The summed E-state index contributed by atoms with van der Waals surface area (Å²) in [7, 11) is 0. The Labute approximate surface area is 142 Å². The Balaban J connectivity index is 1.83. The van der Waals surface area contributed by atoms with Gasteiger partial charge in [-0.25, -0.2) is 4.98 Å². The molecular formula is C18H24ClN3O. The van der Waals surface area contributed by atoms with Crippen LogP contribution < -0.4 is 0 Å². The number of halogens is 1. The molecule has 0 saturated heterocycles. The highest BCUT2D eigenvalue weighted by atomic mass is 35.5. The second-order valence-corrected chi connectivity index (χ2v) is 7.48. The van der Waals surface area contributed by atoms with Crippen LogP contribution in [0.5, 0.6) is 0 Å². The molecule has 1 aliphatic carbocycles. The summed E-state index contributed by atoms with van der Waals surface area (Å²) in [4.78, 5) is 4.01. The van der Waals surface area contributed by atoms with Crippen LogP contribution in [0.2, 0.25) is 5.02 Å². The van der Waals surface area contributed by atoms with Gasteiger partial charge in [-0.3, -0.25) is 4.68 Å². The molecule has 0 spiro atoms. The van der Waals surface area contributed by atoms with Crippen molar-refractivity contribution in [3.8, 4) is 0 Å². The third kappa shape index (κ3) is 3.43.